The number of fused-ring (bicyclic) bond motifs is 1. The van der Waals surface area contributed by atoms with Crippen LogP contribution in [0.4, 0.5) is 5.69 Å². The van der Waals surface area contributed by atoms with Gasteiger partial charge >= 0.3 is 0 Å². The van der Waals surface area contributed by atoms with E-state index in [1.807, 2.05) is 37.3 Å². The first-order chi connectivity index (χ1) is 17.0. The molecule has 5 rings (SSSR count). The summed E-state index contributed by atoms with van der Waals surface area (Å²) in [6.45, 7) is 3.63. The van der Waals surface area contributed by atoms with Crippen molar-refractivity contribution in [3.63, 3.8) is 0 Å². The lowest BCUT2D eigenvalue weighted by atomic mass is 10.0. The second-order valence-corrected chi connectivity index (χ2v) is 7.87. The standard InChI is InChI=1S/C27H19N5O3/c1-16-13-20(34-26-19(15-28)9-6-12-29-26)10-11-22(16)30-25(33)21-14-23(18-7-4-3-5-8-18)31-27-24(21)17(2)32-35-27/h3-14H,1-2H3,(H,30,33). The lowest BCUT2D eigenvalue weighted by molar-refractivity contribution is 0.102. The molecule has 0 saturated heterocycles. The molecule has 0 aliphatic carbocycles. The predicted molar refractivity (Wildman–Crippen MR) is 130 cm³/mol. The SMILES string of the molecule is Cc1cc(Oc2ncccc2C#N)ccc1NC(=O)c1cc(-c2ccccc2)nc2onc(C)c12. The number of benzene rings is 2. The molecule has 170 valence electrons. The third kappa shape index (κ3) is 4.30. The lowest BCUT2D eigenvalue weighted by Gasteiger charge is -2.12. The van der Waals surface area contributed by atoms with Crippen LogP contribution in [0, 0.1) is 25.2 Å². The van der Waals surface area contributed by atoms with E-state index in [2.05, 4.69) is 26.5 Å². The maximum absolute atomic E-state index is 13.4. The van der Waals surface area contributed by atoms with Crippen molar-refractivity contribution < 1.29 is 14.1 Å². The van der Waals surface area contributed by atoms with Crippen LogP contribution in [-0.2, 0) is 0 Å². The molecular formula is C27H19N5O3. The summed E-state index contributed by atoms with van der Waals surface area (Å²) in [4.78, 5) is 22.0. The largest absolute Gasteiger partial charge is 0.438 e. The lowest BCUT2D eigenvalue weighted by Crippen LogP contribution is -2.14. The van der Waals surface area contributed by atoms with Crippen LogP contribution in [0.25, 0.3) is 22.4 Å². The molecule has 0 aliphatic rings. The minimum absolute atomic E-state index is 0.224. The molecule has 35 heavy (non-hydrogen) atoms. The fourth-order valence-corrected chi connectivity index (χ4v) is 3.73. The molecule has 0 unspecified atom stereocenters. The third-order valence-electron chi connectivity index (χ3n) is 5.48. The minimum atomic E-state index is -0.311. The molecule has 0 fully saturated rings. The van der Waals surface area contributed by atoms with E-state index in [1.165, 1.54) is 0 Å². The molecular weight excluding hydrogens is 442 g/mol. The summed E-state index contributed by atoms with van der Waals surface area (Å²) in [5, 5.41) is 16.8. The molecule has 3 aromatic heterocycles. The van der Waals surface area contributed by atoms with E-state index in [-0.39, 0.29) is 11.8 Å². The molecule has 8 nitrogen and oxygen atoms in total. The van der Waals surface area contributed by atoms with Crippen LogP contribution in [0.5, 0.6) is 11.6 Å². The number of ether oxygens (including phenoxy) is 1. The van der Waals surface area contributed by atoms with Gasteiger partial charge in [-0.05, 0) is 55.8 Å². The summed E-state index contributed by atoms with van der Waals surface area (Å²) >= 11 is 0. The van der Waals surface area contributed by atoms with Crippen LogP contribution in [0.15, 0.2) is 77.4 Å². The van der Waals surface area contributed by atoms with E-state index in [0.717, 1.165) is 11.1 Å². The predicted octanol–water partition coefficient (Wildman–Crippen LogP) is 5.82. The van der Waals surface area contributed by atoms with Gasteiger partial charge in [0.05, 0.1) is 22.3 Å². The highest BCUT2D eigenvalue weighted by atomic mass is 16.5. The summed E-state index contributed by atoms with van der Waals surface area (Å²) in [7, 11) is 0. The molecule has 2 aromatic carbocycles. The van der Waals surface area contributed by atoms with Gasteiger partial charge < -0.3 is 14.6 Å². The monoisotopic (exact) mass is 461 g/mol. The molecule has 3 heterocycles. The Hall–Kier alpha value is -5.03. The third-order valence-corrected chi connectivity index (χ3v) is 5.48. The Morgan fingerprint density at radius 3 is 2.66 bits per heavy atom. The zero-order chi connectivity index (χ0) is 24.4. The number of nitriles is 1. The smallest absolute Gasteiger partial charge is 0.259 e. The molecule has 1 N–H and O–H groups in total. The van der Waals surface area contributed by atoms with Gasteiger partial charge in [-0.3, -0.25) is 4.79 Å². The van der Waals surface area contributed by atoms with Crippen LogP contribution in [0.3, 0.4) is 0 Å². The molecule has 0 atom stereocenters. The van der Waals surface area contributed by atoms with Gasteiger partial charge in [-0.2, -0.15) is 5.26 Å². The Balaban J connectivity index is 1.45. The first-order valence-corrected chi connectivity index (χ1v) is 10.8. The first kappa shape index (κ1) is 21.8. The summed E-state index contributed by atoms with van der Waals surface area (Å²) in [5.74, 6) is 0.416. The number of hydrogen-bond donors (Lipinski definition) is 1. The van der Waals surface area contributed by atoms with E-state index in [4.69, 9.17) is 9.26 Å². The maximum atomic E-state index is 13.4. The fraction of sp³-hybridized carbons (Fsp3) is 0.0741. The quantitative estimate of drug-likeness (QED) is 0.351. The van der Waals surface area contributed by atoms with Crippen molar-refractivity contribution in [2.75, 3.05) is 5.32 Å². The van der Waals surface area contributed by atoms with Crippen molar-refractivity contribution in [1.82, 2.24) is 15.1 Å². The average molecular weight is 461 g/mol. The highest BCUT2D eigenvalue weighted by Gasteiger charge is 2.20. The highest BCUT2D eigenvalue weighted by molar-refractivity contribution is 6.13. The average Bonchev–Trinajstić information content (AvgIpc) is 3.26. The second kappa shape index (κ2) is 9.08. The number of aromatic nitrogens is 3. The Morgan fingerprint density at radius 2 is 1.89 bits per heavy atom. The fourth-order valence-electron chi connectivity index (χ4n) is 3.73. The number of nitrogens with zero attached hydrogens (tertiary/aromatic N) is 4. The normalized spacial score (nSPS) is 10.7. The Morgan fingerprint density at radius 1 is 1.06 bits per heavy atom. The van der Waals surface area contributed by atoms with E-state index in [1.54, 1.807) is 49.5 Å². The van der Waals surface area contributed by atoms with Crippen LogP contribution >= 0.6 is 0 Å². The van der Waals surface area contributed by atoms with Crippen molar-refractivity contribution in [3.8, 4) is 29.0 Å². The number of amides is 1. The van der Waals surface area contributed by atoms with E-state index in [0.29, 0.717) is 45.1 Å². The Bertz CT molecular complexity index is 1600. The van der Waals surface area contributed by atoms with Crippen molar-refractivity contribution in [3.05, 3.63) is 95.3 Å². The molecule has 0 bridgehead atoms. The van der Waals surface area contributed by atoms with Crippen molar-refractivity contribution in [1.29, 1.82) is 5.26 Å². The summed E-state index contributed by atoms with van der Waals surface area (Å²) in [5.41, 5.74) is 4.51. The van der Waals surface area contributed by atoms with Gasteiger partial charge in [-0.25, -0.2) is 9.97 Å². The second-order valence-electron chi connectivity index (χ2n) is 7.87. The van der Waals surface area contributed by atoms with E-state index < -0.39 is 0 Å². The minimum Gasteiger partial charge on any atom is -0.438 e. The van der Waals surface area contributed by atoms with Gasteiger partial charge in [0.25, 0.3) is 11.6 Å². The summed E-state index contributed by atoms with van der Waals surface area (Å²) in [6, 6.07) is 21.9. The summed E-state index contributed by atoms with van der Waals surface area (Å²) in [6.07, 6.45) is 1.56. The number of pyridine rings is 2. The molecule has 0 spiro atoms. The van der Waals surface area contributed by atoms with Gasteiger partial charge in [0.2, 0.25) is 5.88 Å². The Labute approximate surface area is 200 Å². The zero-order valence-corrected chi connectivity index (χ0v) is 18.9. The van der Waals surface area contributed by atoms with Crippen LogP contribution < -0.4 is 10.1 Å². The molecule has 0 radical (unpaired) electrons. The number of carbonyl (C=O) groups is 1. The zero-order valence-electron chi connectivity index (χ0n) is 18.9. The Kier molecular flexibility index (Phi) is 5.65. The van der Waals surface area contributed by atoms with Crippen molar-refractivity contribution >= 4 is 22.7 Å². The molecule has 0 saturated carbocycles. The number of rotatable bonds is 5. The number of aryl methyl sites for hydroxylation is 2. The van der Waals surface area contributed by atoms with E-state index >= 15 is 0 Å². The summed E-state index contributed by atoms with van der Waals surface area (Å²) < 4.78 is 11.2. The van der Waals surface area contributed by atoms with Crippen LogP contribution in [0.1, 0.15) is 27.2 Å². The molecule has 8 heteroatoms. The number of nitrogens with one attached hydrogen (secondary N) is 1. The first-order valence-electron chi connectivity index (χ1n) is 10.8. The van der Waals surface area contributed by atoms with Crippen LogP contribution in [-0.4, -0.2) is 21.0 Å². The number of hydrogen-bond acceptors (Lipinski definition) is 7. The van der Waals surface area contributed by atoms with Gasteiger partial charge in [-0.1, -0.05) is 35.5 Å². The van der Waals surface area contributed by atoms with Crippen molar-refractivity contribution in [2.45, 2.75) is 13.8 Å². The van der Waals surface area contributed by atoms with Gasteiger partial charge in [0, 0.05) is 17.4 Å². The number of anilines is 1. The molecule has 0 aliphatic heterocycles. The van der Waals surface area contributed by atoms with Crippen molar-refractivity contribution in [2.24, 2.45) is 0 Å². The number of carbonyl (C=O) groups excluding carboxylic acids is 1. The maximum Gasteiger partial charge on any atom is 0.259 e. The van der Waals surface area contributed by atoms with Gasteiger partial charge in [0.15, 0.2) is 0 Å². The molecule has 5 aromatic rings. The van der Waals surface area contributed by atoms with E-state index in [9.17, 15) is 10.1 Å². The molecule has 1 amide bonds. The van der Waals surface area contributed by atoms with Gasteiger partial charge in [-0.15, -0.1) is 0 Å². The van der Waals surface area contributed by atoms with Crippen LogP contribution in [0.2, 0.25) is 0 Å². The highest BCUT2D eigenvalue weighted by Crippen LogP contribution is 2.30. The van der Waals surface area contributed by atoms with Gasteiger partial charge in [0.1, 0.15) is 17.4 Å². The topological polar surface area (TPSA) is 114 Å².